The molecular formula is C33H34BrFN4O6. The molecule has 0 radical (unpaired) electrons. The number of piperidine rings is 1. The van der Waals surface area contributed by atoms with Gasteiger partial charge in [0.2, 0.25) is 0 Å². The molecule has 2 amide bonds. The quantitative estimate of drug-likeness (QED) is 0.202. The predicted molar refractivity (Wildman–Crippen MR) is 172 cm³/mol. The molecule has 1 aromatic heterocycles. The van der Waals surface area contributed by atoms with Gasteiger partial charge in [-0.05, 0) is 86.3 Å². The SMILES string of the molecule is COc1ccc(Br)cc1CCN(C(=O)C(N)=O)c1ccc(Oc2ccnc3cc(OCC4CCNCC4)c(OC)cc23)c(F)c1. The van der Waals surface area contributed by atoms with Gasteiger partial charge >= 0.3 is 11.8 Å². The number of nitrogens with zero attached hydrogens (tertiary/aromatic N) is 2. The van der Waals surface area contributed by atoms with E-state index in [9.17, 15) is 9.59 Å². The van der Waals surface area contributed by atoms with Crippen molar-refractivity contribution in [1.82, 2.24) is 10.3 Å². The van der Waals surface area contributed by atoms with Crippen LogP contribution >= 0.6 is 15.9 Å². The zero-order valence-electron chi connectivity index (χ0n) is 25.0. The van der Waals surface area contributed by atoms with Crippen molar-refractivity contribution in [3.8, 4) is 28.7 Å². The number of pyridine rings is 1. The summed E-state index contributed by atoms with van der Waals surface area (Å²) in [4.78, 5) is 30.2. The Hall–Kier alpha value is -4.42. The van der Waals surface area contributed by atoms with Gasteiger partial charge in [0.1, 0.15) is 11.5 Å². The highest BCUT2D eigenvalue weighted by Gasteiger charge is 2.23. The van der Waals surface area contributed by atoms with Gasteiger partial charge in [-0.3, -0.25) is 14.6 Å². The normalized spacial score (nSPS) is 13.3. The highest BCUT2D eigenvalue weighted by molar-refractivity contribution is 9.10. The fourth-order valence-corrected chi connectivity index (χ4v) is 5.67. The molecule has 236 valence electrons. The first kappa shape index (κ1) is 32.0. The molecule has 0 bridgehead atoms. The molecule has 0 atom stereocenters. The lowest BCUT2D eigenvalue weighted by Crippen LogP contribution is -2.41. The molecule has 1 fully saturated rings. The van der Waals surface area contributed by atoms with E-state index < -0.39 is 17.6 Å². The van der Waals surface area contributed by atoms with Crippen molar-refractivity contribution >= 4 is 44.3 Å². The Bertz CT molecular complexity index is 1700. The van der Waals surface area contributed by atoms with Crippen molar-refractivity contribution in [3.63, 3.8) is 0 Å². The summed E-state index contributed by atoms with van der Waals surface area (Å²) in [5.41, 5.74) is 6.85. The first-order valence-corrected chi connectivity index (χ1v) is 15.3. The number of ether oxygens (including phenoxy) is 4. The number of aromatic nitrogens is 1. The third-order valence-electron chi connectivity index (χ3n) is 7.67. The van der Waals surface area contributed by atoms with Gasteiger partial charge < -0.3 is 34.9 Å². The lowest BCUT2D eigenvalue weighted by Gasteiger charge is -2.23. The second-order valence-corrected chi connectivity index (χ2v) is 11.5. The molecular weight excluding hydrogens is 647 g/mol. The maximum Gasteiger partial charge on any atom is 0.316 e. The van der Waals surface area contributed by atoms with E-state index in [2.05, 4.69) is 26.2 Å². The van der Waals surface area contributed by atoms with Gasteiger partial charge in [0.15, 0.2) is 23.1 Å². The summed E-state index contributed by atoms with van der Waals surface area (Å²) in [6.07, 6.45) is 3.97. The highest BCUT2D eigenvalue weighted by atomic mass is 79.9. The number of hydrogen-bond donors (Lipinski definition) is 2. The van der Waals surface area contributed by atoms with E-state index in [-0.39, 0.29) is 18.0 Å². The number of primary amides is 1. The van der Waals surface area contributed by atoms with E-state index in [0.717, 1.165) is 46.9 Å². The number of nitrogens with two attached hydrogens (primary N) is 1. The van der Waals surface area contributed by atoms with Crippen LogP contribution in [-0.4, -0.2) is 57.3 Å². The topological polar surface area (TPSA) is 125 Å². The standard InChI is InChI=1S/C33H34BrFN4O6/c1-42-27-5-3-22(34)15-21(27)10-14-39(33(41)32(36)40)23-4-6-29(25(35)16-23)45-28-9-13-38-26-18-31(30(43-2)17-24(26)28)44-19-20-7-11-37-12-8-20/h3-6,9,13,15-18,20,37H,7-8,10-12,14,19H2,1-2H3,(H2,36,40). The van der Waals surface area contributed by atoms with Crippen LogP contribution in [0.4, 0.5) is 10.1 Å². The minimum absolute atomic E-state index is 0.0467. The molecule has 3 aromatic carbocycles. The number of amides is 2. The zero-order valence-corrected chi connectivity index (χ0v) is 26.6. The van der Waals surface area contributed by atoms with Crippen LogP contribution in [0, 0.1) is 11.7 Å². The maximum atomic E-state index is 15.5. The molecule has 10 nitrogen and oxygen atoms in total. The largest absolute Gasteiger partial charge is 0.496 e. The van der Waals surface area contributed by atoms with Gasteiger partial charge in [0.05, 0.1) is 26.3 Å². The van der Waals surface area contributed by atoms with Crippen LogP contribution in [0.25, 0.3) is 10.9 Å². The number of carbonyl (C=O) groups is 2. The molecule has 0 aliphatic carbocycles. The Labute approximate surface area is 268 Å². The number of carbonyl (C=O) groups excluding carboxylic acids is 2. The number of rotatable bonds is 11. The van der Waals surface area contributed by atoms with Crippen LogP contribution in [0.3, 0.4) is 0 Å². The first-order chi connectivity index (χ1) is 21.8. The average Bonchev–Trinajstić information content (AvgIpc) is 3.05. The van der Waals surface area contributed by atoms with Crippen LogP contribution in [0.15, 0.2) is 65.3 Å². The molecule has 1 aliphatic heterocycles. The lowest BCUT2D eigenvalue weighted by atomic mass is 9.99. The predicted octanol–water partition coefficient (Wildman–Crippen LogP) is 5.39. The molecule has 5 rings (SSSR count). The van der Waals surface area contributed by atoms with E-state index in [1.54, 1.807) is 37.6 Å². The molecule has 3 N–H and O–H groups in total. The molecule has 1 aliphatic rings. The van der Waals surface area contributed by atoms with Gasteiger partial charge in [0, 0.05) is 40.4 Å². The lowest BCUT2D eigenvalue weighted by molar-refractivity contribution is -0.135. The average molecular weight is 682 g/mol. The van der Waals surface area contributed by atoms with Crippen molar-refractivity contribution in [2.24, 2.45) is 11.7 Å². The Morgan fingerprint density at radius 2 is 1.73 bits per heavy atom. The number of halogens is 2. The summed E-state index contributed by atoms with van der Waals surface area (Å²) in [6, 6.07) is 14.6. The summed E-state index contributed by atoms with van der Waals surface area (Å²) < 4.78 is 39.5. The monoisotopic (exact) mass is 680 g/mol. The molecule has 0 unspecified atom stereocenters. The van der Waals surface area contributed by atoms with Crippen molar-refractivity contribution in [2.45, 2.75) is 19.3 Å². The molecule has 4 aromatic rings. The fourth-order valence-electron chi connectivity index (χ4n) is 5.26. The van der Waals surface area contributed by atoms with E-state index >= 15 is 4.39 Å². The Kier molecular flexibility index (Phi) is 10.4. The number of anilines is 1. The maximum absolute atomic E-state index is 15.5. The van der Waals surface area contributed by atoms with Crippen molar-refractivity contribution in [1.29, 1.82) is 0 Å². The molecule has 0 spiro atoms. The van der Waals surface area contributed by atoms with E-state index in [1.165, 1.54) is 19.2 Å². The number of nitrogens with one attached hydrogen (secondary N) is 1. The van der Waals surface area contributed by atoms with Gasteiger partial charge in [-0.25, -0.2) is 4.39 Å². The minimum Gasteiger partial charge on any atom is -0.496 e. The van der Waals surface area contributed by atoms with Crippen LogP contribution in [0.5, 0.6) is 28.7 Å². The van der Waals surface area contributed by atoms with Crippen LogP contribution in [0.1, 0.15) is 18.4 Å². The van der Waals surface area contributed by atoms with E-state index in [1.807, 2.05) is 12.1 Å². The van der Waals surface area contributed by atoms with Crippen LogP contribution in [0.2, 0.25) is 0 Å². The van der Waals surface area contributed by atoms with Crippen molar-refractivity contribution in [2.75, 3.05) is 45.4 Å². The van der Waals surface area contributed by atoms with Gasteiger partial charge in [0.25, 0.3) is 0 Å². The third kappa shape index (κ3) is 7.63. The Morgan fingerprint density at radius 1 is 0.978 bits per heavy atom. The first-order valence-electron chi connectivity index (χ1n) is 14.5. The second-order valence-electron chi connectivity index (χ2n) is 10.6. The summed E-state index contributed by atoms with van der Waals surface area (Å²) in [5, 5.41) is 3.95. The third-order valence-corrected chi connectivity index (χ3v) is 8.16. The number of methoxy groups -OCH3 is 2. The second kappa shape index (κ2) is 14.6. The van der Waals surface area contributed by atoms with E-state index in [4.69, 9.17) is 24.7 Å². The number of hydrogen-bond acceptors (Lipinski definition) is 8. The minimum atomic E-state index is -1.16. The molecule has 12 heteroatoms. The van der Waals surface area contributed by atoms with E-state index in [0.29, 0.717) is 52.8 Å². The number of benzene rings is 3. The summed E-state index contributed by atoms with van der Waals surface area (Å²) in [5.74, 6) is -0.460. The van der Waals surface area contributed by atoms with Crippen molar-refractivity contribution < 1.29 is 32.9 Å². The molecule has 0 saturated carbocycles. The summed E-state index contributed by atoms with van der Waals surface area (Å²) in [7, 11) is 3.10. The molecule has 2 heterocycles. The molecule has 45 heavy (non-hydrogen) atoms. The van der Waals surface area contributed by atoms with Gasteiger partial charge in [-0.2, -0.15) is 0 Å². The van der Waals surface area contributed by atoms with Crippen LogP contribution in [-0.2, 0) is 16.0 Å². The van der Waals surface area contributed by atoms with Gasteiger partial charge in [-0.15, -0.1) is 0 Å². The Balaban J connectivity index is 1.37. The summed E-state index contributed by atoms with van der Waals surface area (Å²) >= 11 is 3.43. The molecule has 1 saturated heterocycles. The van der Waals surface area contributed by atoms with Crippen molar-refractivity contribution in [3.05, 3.63) is 76.6 Å². The zero-order chi connectivity index (χ0) is 31.9. The van der Waals surface area contributed by atoms with Crippen LogP contribution < -0.4 is 34.9 Å². The smallest absolute Gasteiger partial charge is 0.316 e. The fraction of sp³-hybridized carbons (Fsp3) is 0.303. The summed E-state index contributed by atoms with van der Waals surface area (Å²) in [6.45, 7) is 2.57. The van der Waals surface area contributed by atoms with Gasteiger partial charge in [-0.1, -0.05) is 15.9 Å². The highest BCUT2D eigenvalue weighted by Crippen LogP contribution is 2.38. The number of fused-ring (bicyclic) bond motifs is 1. The Morgan fingerprint density at radius 3 is 2.44 bits per heavy atom.